The predicted molar refractivity (Wildman–Crippen MR) is 41.8 cm³/mol. The zero-order valence-corrected chi connectivity index (χ0v) is 6.95. The minimum absolute atomic E-state index is 0.00801. The van der Waals surface area contributed by atoms with Gasteiger partial charge < -0.3 is 11.1 Å². The molecule has 12 heavy (non-hydrogen) atoms. The van der Waals surface area contributed by atoms with Crippen LogP contribution in [0.1, 0.15) is 19.3 Å². The van der Waals surface area contributed by atoms with Crippen molar-refractivity contribution in [2.24, 2.45) is 5.73 Å². The summed E-state index contributed by atoms with van der Waals surface area (Å²) in [4.78, 5) is 0. The summed E-state index contributed by atoms with van der Waals surface area (Å²) >= 11 is 0. The summed E-state index contributed by atoms with van der Waals surface area (Å²) in [7, 11) is 0. The topological polar surface area (TPSA) is 38.0 Å². The molecule has 0 aliphatic heterocycles. The predicted octanol–water partition coefficient (Wildman–Crippen LogP) is 1.27. The monoisotopic (exact) mass is 184 g/mol. The van der Waals surface area contributed by atoms with Crippen molar-refractivity contribution >= 4 is 0 Å². The number of halogens is 3. The van der Waals surface area contributed by atoms with Gasteiger partial charge in [0.15, 0.2) is 0 Å². The van der Waals surface area contributed by atoms with E-state index in [1.807, 2.05) is 0 Å². The van der Waals surface area contributed by atoms with E-state index in [4.69, 9.17) is 5.73 Å². The third-order valence-electron chi connectivity index (χ3n) is 1.39. The number of nitrogens with one attached hydrogen (secondary N) is 1. The van der Waals surface area contributed by atoms with E-state index < -0.39 is 12.6 Å². The van der Waals surface area contributed by atoms with Crippen LogP contribution in [0.5, 0.6) is 0 Å². The van der Waals surface area contributed by atoms with Gasteiger partial charge >= 0.3 is 6.18 Å². The highest BCUT2D eigenvalue weighted by Crippen LogP contribution is 2.17. The van der Waals surface area contributed by atoms with Crippen molar-refractivity contribution in [1.29, 1.82) is 0 Å². The standard InChI is InChI=1S/C7H15F3N2/c8-7(9,10)3-6-12-5-2-1-4-11/h12H,1-6,11H2. The van der Waals surface area contributed by atoms with Crippen LogP contribution >= 0.6 is 0 Å². The number of alkyl halides is 3. The van der Waals surface area contributed by atoms with Crippen molar-refractivity contribution in [3.8, 4) is 0 Å². The molecule has 0 unspecified atom stereocenters. The van der Waals surface area contributed by atoms with Crippen LogP contribution < -0.4 is 11.1 Å². The Bertz CT molecular complexity index is 103. The highest BCUT2D eigenvalue weighted by atomic mass is 19.4. The van der Waals surface area contributed by atoms with E-state index >= 15 is 0 Å². The average molecular weight is 184 g/mol. The summed E-state index contributed by atoms with van der Waals surface area (Å²) in [5, 5.41) is 2.70. The first kappa shape index (κ1) is 11.7. The Balaban J connectivity index is 3.01. The molecular formula is C7H15F3N2. The minimum atomic E-state index is -4.04. The average Bonchev–Trinajstić information content (AvgIpc) is 1.94. The molecule has 0 spiro atoms. The molecule has 5 heteroatoms. The normalized spacial score (nSPS) is 12.0. The van der Waals surface area contributed by atoms with Crippen LogP contribution in [0.15, 0.2) is 0 Å². The molecule has 0 bridgehead atoms. The molecule has 0 aromatic rings. The molecule has 0 rings (SSSR count). The summed E-state index contributed by atoms with van der Waals surface area (Å²) in [6.07, 6.45) is -3.09. The molecule has 0 heterocycles. The van der Waals surface area contributed by atoms with Gasteiger partial charge in [-0.05, 0) is 25.9 Å². The summed E-state index contributed by atoms with van der Waals surface area (Å²) in [5.41, 5.74) is 5.20. The second-order valence-electron chi connectivity index (χ2n) is 2.61. The van der Waals surface area contributed by atoms with Gasteiger partial charge in [-0.3, -0.25) is 0 Å². The van der Waals surface area contributed by atoms with Crippen molar-refractivity contribution in [1.82, 2.24) is 5.32 Å². The lowest BCUT2D eigenvalue weighted by atomic mass is 10.3. The van der Waals surface area contributed by atoms with Gasteiger partial charge in [-0.15, -0.1) is 0 Å². The fourth-order valence-electron chi connectivity index (χ4n) is 0.749. The summed E-state index contributed by atoms with van der Waals surface area (Å²) in [6.45, 7) is 1.22. The van der Waals surface area contributed by atoms with Crippen LogP contribution in [0.3, 0.4) is 0 Å². The van der Waals surface area contributed by atoms with Crippen molar-refractivity contribution in [3.63, 3.8) is 0 Å². The first-order valence-corrected chi connectivity index (χ1v) is 4.04. The molecule has 0 aliphatic rings. The smallest absolute Gasteiger partial charge is 0.330 e. The van der Waals surface area contributed by atoms with E-state index in [0.29, 0.717) is 13.1 Å². The van der Waals surface area contributed by atoms with Gasteiger partial charge in [0, 0.05) is 6.54 Å². The molecule has 0 fully saturated rings. The number of rotatable bonds is 6. The van der Waals surface area contributed by atoms with E-state index in [9.17, 15) is 13.2 Å². The third kappa shape index (κ3) is 9.71. The quantitative estimate of drug-likeness (QED) is 0.610. The van der Waals surface area contributed by atoms with Gasteiger partial charge in [-0.1, -0.05) is 0 Å². The Hall–Kier alpha value is -0.290. The van der Waals surface area contributed by atoms with Crippen LogP contribution in [0.4, 0.5) is 13.2 Å². The lowest BCUT2D eigenvalue weighted by Gasteiger charge is -2.06. The zero-order chi connectivity index (χ0) is 9.45. The molecule has 0 aliphatic carbocycles. The van der Waals surface area contributed by atoms with Crippen LogP contribution in [-0.4, -0.2) is 25.8 Å². The van der Waals surface area contributed by atoms with E-state index in [2.05, 4.69) is 5.32 Å². The van der Waals surface area contributed by atoms with Gasteiger partial charge in [0.1, 0.15) is 0 Å². The van der Waals surface area contributed by atoms with Gasteiger partial charge in [0.2, 0.25) is 0 Å². The van der Waals surface area contributed by atoms with Crippen molar-refractivity contribution in [2.45, 2.75) is 25.4 Å². The Morgan fingerprint density at radius 1 is 1.08 bits per heavy atom. The number of hydrogen-bond donors (Lipinski definition) is 2. The first-order valence-electron chi connectivity index (χ1n) is 4.04. The van der Waals surface area contributed by atoms with E-state index in [1.54, 1.807) is 0 Å². The largest absolute Gasteiger partial charge is 0.390 e. The highest BCUT2D eigenvalue weighted by Gasteiger charge is 2.25. The van der Waals surface area contributed by atoms with Crippen molar-refractivity contribution < 1.29 is 13.2 Å². The third-order valence-corrected chi connectivity index (χ3v) is 1.39. The van der Waals surface area contributed by atoms with Crippen LogP contribution in [-0.2, 0) is 0 Å². The summed E-state index contributed by atoms with van der Waals surface area (Å²) < 4.78 is 34.7. The Kier molecular flexibility index (Phi) is 6.10. The molecule has 0 saturated carbocycles. The molecular weight excluding hydrogens is 169 g/mol. The van der Waals surface area contributed by atoms with Crippen LogP contribution in [0, 0.1) is 0 Å². The maximum atomic E-state index is 11.6. The number of hydrogen-bond acceptors (Lipinski definition) is 2. The van der Waals surface area contributed by atoms with E-state index in [1.165, 1.54) is 0 Å². The fourth-order valence-corrected chi connectivity index (χ4v) is 0.749. The fraction of sp³-hybridized carbons (Fsp3) is 1.00. The number of nitrogens with two attached hydrogens (primary N) is 1. The first-order chi connectivity index (χ1) is 5.56. The van der Waals surface area contributed by atoms with Gasteiger partial charge in [-0.2, -0.15) is 13.2 Å². The maximum absolute atomic E-state index is 11.6. The molecule has 74 valence electrons. The second-order valence-corrected chi connectivity index (χ2v) is 2.61. The highest BCUT2D eigenvalue weighted by molar-refractivity contribution is 4.54. The second kappa shape index (κ2) is 6.25. The molecule has 3 N–H and O–H groups in total. The molecule has 0 aromatic heterocycles. The SMILES string of the molecule is NCCCCNCCC(F)(F)F. The van der Waals surface area contributed by atoms with E-state index in [-0.39, 0.29) is 6.54 Å². The summed E-state index contributed by atoms with van der Waals surface area (Å²) in [6, 6.07) is 0. The summed E-state index contributed by atoms with van der Waals surface area (Å²) in [5.74, 6) is 0. The molecule has 0 amide bonds. The Morgan fingerprint density at radius 3 is 2.25 bits per heavy atom. The lowest BCUT2D eigenvalue weighted by molar-refractivity contribution is -0.133. The molecule has 2 nitrogen and oxygen atoms in total. The van der Waals surface area contributed by atoms with Crippen molar-refractivity contribution in [3.05, 3.63) is 0 Å². The molecule has 0 aromatic carbocycles. The number of unbranched alkanes of at least 4 members (excludes halogenated alkanes) is 1. The molecule has 0 saturated heterocycles. The van der Waals surface area contributed by atoms with Crippen LogP contribution in [0.2, 0.25) is 0 Å². The molecule has 0 atom stereocenters. The van der Waals surface area contributed by atoms with Crippen molar-refractivity contribution in [2.75, 3.05) is 19.6 Å². The van der Waals surface area contributed by atoms with E-state index in [0.717, 1.165) is 12.8 Å². The lowest BCUT2D eigenvalue weighted by Crippen LogP contribution is -2.22. The molecule has 0 radical (unpaired) electrons. The Morgan fingerprint density at radius 2 is 1.75 bits per heavy atom. The van der Waals surface area contributed by atoms with Gasteiger partial charge in [-0.25, -0.2) is 0 Å². The minimum Gasteiger partial charge on any atom is -0.330 e. The van der Waals surface area contributed by atoms with Gasteiger partial charge in [0.05, 0.1) is 6.42 Å². The maximum Gasteiger partial charge on any atom is 0.390 e. The zero-order valence-electron chi connectivity index (χ0n) is 6.95. The Labute approximate surface area is 70.3 Å². The van der Waals surface area contributed by atoms with Gasteiger partial charge in [0.25, 0.3) is 0 Å². The van der Waals surface area contributed by atoms with Crippen LogP contribution in [0.25, 0.3) is 0 Å².